The first-order valence-electron chi connectivity index (χ1n) is 6.72. The fourth-order valence-corrected chi connectivity index (χ4v) is 3.52. The third-order valence-corrected chi connectivity index (χ3v) is 4.99. The SMILES string of the molecule is O=S(=O)(NCCc1ccc2nc[nH]c2c1)c1cccc(Cl)c1. The summed E-state index contributed by atoms with van der Waals surface area (Å²) in [5, 5.41) is 0.396. The molecule has 2 aromatic carbocycles. The van der Waals surface area contributed by atoms with Gasteiger partial charge in [-0.3, -0.25) is 0 Å². The molecule has 2 N–H and O–H groups in total. The van der Waals surface area contributed by atoms with Crippen molar-refractivity contribution in [1.82, 2.24) is 14.7 Å². The van der Waals surface area contributed by atoms with Crippen LogP contribution in [0.25, 0.3) is 11.0 Å². The van der Waals surface area contributed by atoms with Gasteiger partial charge in [0.25, 0.3) is 0 Å². The quantitative estimate of drug-likeness (QED) is 0.752. The first-order valence-corrected chi connectivity index (χ1v) is 8.58. The summed E-state index contributed by atoms with van der Waals surface area (Å²) in [7, 11) is -3.54. The number of H-pyrrole nitrogens is 1. The number of hydrogen-bond donors (Lipinski definition) is 2. The van der Waals surface area contributed by atoms with Crippen molar-refractivity contribution in [1.29, 1.82) is 0 Å². The number of benzene rings is 2. The Kier molecular flexibility index (Phi) is 4.15. The summed E-state index contributed by atoms with van der Waals surface area (Å²) in [4.78, 5) is 7.35. The van der Waals surface area contributed by atoms with Gasteiger partial charge in [0.05, 0.1) is 22.3 Å². The van der Waals surface area contributed by atoms with E-state index in [0.29, 0.717) is 18.0 Å². The van der Waals surface area contributed by atoms with Crippen LogP contribution < -0.4 is 4.72 Å². The highest BCUT2D eigenvalue weighted by Crippen LogP contribution is 2.15. The Bertz CT molecular complexity index is 906. The van der Waals surface area contributed by atoms with E-state index in [0.717, 1.165) is 16.6 Å². The fourth-order valence-electron chi connectivity index (χ4n) is 2.19. The van der Waals surface area contributed by atoms with Crippen LogP contribution in [0.4, 0.5) is 0 Å². The molecule has 0 aliphatic carbocycles. The second kappa shape index (κ2) is 6.08. The molecular weight excluding hydrogens is 322 g/mol. The van der Waals surface area contributed by atoms with Gasteiger partial charge in [-0.15, -0.1) is 0 Å². The number of nitrogens with one attached hydrogen (secondary N) is 2. The molecule has 0 atom stereocenters. The van der Waals surface area contributed by atoms with Crippen molar-refractivity contribution in [2.45, 2.75) is 11.3 Å². The molecule has 3 rings (SSSR count). The highest BCUT2D eigenvalue weighted by Gasteiger charge is 2.13. The monoisotopic (exact) mass is 335 g/mol. The molecule has 5 nitrogen and oxygen atoms in total. The number of sulfonamides is 1. The minimum Gasteiger partial charge on any atom is -0.345 e. The van der Waals surface area contributed by atoms with Gasteiger partial charge in [-0.1, -0.05) is 23.7 Å². The van der Waals surface area contributed by atoms with Gasteiger partial charge in [0, 0.05) is 11.6 Å². The van der Waals surface area contributed by atoms with Crippen LogP contribution in [0.15, 0.2) is 53.7 Å². The van der Waals surface area contributed by atoms with Gasteiger partial charge in [0.15, 0.2) is 0 Å². The lowest BCUT2D eigenvalue weighted by molar-refractivity contribution is 0.581. The molecule has 114 valence electrons. The van der Waals surface area contributed by atoms with Gasteiger partial charge in [-0.05, 0) is 42.3 Å². The number of fused-ring (bicyclic) bond motifs is 1. The lowest BCUT2D eigenvalue weighted by Gasteiger charge is -2.07. The summed E-state index contributed by atoms with van der Waals surface area (Å²) in [6.45, 7) is 0.314. The smallest absolute Gasteiger partial charge is 0.240 e. The number of rotatable bonds is 5. The summed E-state index contributed by atoms with van der Waals surface area (Å²) in [5.41, 5.74) is 2.86. The standard InChI is InChI=1S/C15H14ClN3O2S/c16-12-2-1-3-13(9-12)22(20,21)19-7-6-11-4-5-14-15(8-11)18-10-17-14/h1-5,8-10,19H,6-7H2,(H,17,18). The van der Waals surface area contributed by atoms with Crippen molar-refractivity contribution in [3.63, 3.8) is 0 Å². The Balaban J connectivity index is 1.67. The minimum atomic E-state index is -3.54. The molecule has 7 heteroatoms. The van der Waals surface area contributed by atoms with E-state index in [-0.39, 0.29) is 4.90 Å². The Morgan fingerprint density at radius 2 is 2.05 bits per heavy atom. The van der Waals surface area contributed by atoms with E-state index in [9.17, 15) is 8.42 Å². The van der Waals surface area contributed by atoms with E-state index >= 15 is 0 Å². The summed E-state index contributed by atoms with van der Waals surface area (Å²) in [6.07, 6.45) is 2.23. The van der Waals surface area contributed by atoms with E-state index in [4.69, 9.17) is 11.6 Å². The van der Waals surface area contributed by atoms with E-state index in [1.807, 2.05) is 18.2 Å². The number of aromatic amines is 1. The molecule has 1 heterocycles. The van der Waals surface area contributed by atoms with Gasteiger partial charge in [0.1, 0.15) is 0 Å². The second-order valence-corrected chi connectivity index (χ2v) is 7.06. The van der Waals surface area contributed by atoms with E-state index in [1.54, 1.807) is 18.5 Å². The molecule has 0 saturated carbocycles. The molecule has 3 aromatic rings. The maximum absolute atomic E-state index is 12.2. The third-order valence-electron chi connectivity index (χ3n) is 3.30. The highest BCUT2D eigenvalue weighted by atomic mass is 35.5. The van der Waals surface area contributed by atoms with Gasteiger partial charge in [0.2, 0.25) is 10.0 Å². The van der Waals surface area contributed by atoms with Gasteiger partial charge >= 0.3 is 0 Å². The molecule has 0 saturated heterocycles. The molecule has 0 unspecified atom stereocenters. The zero-order chi connectivity index (χ0) is 15.6. The first-order chi connectivity index (χ1) is 10.5. The fraction of sp³-hybridized carbons (Fsp3) is 0.133. The van der Waals surface area contributed by atoms with Gasteiger partial charge in [-0.25, -0.2) is 18.1 Å². The molecule has 0 radical (unpaired) electrons. The molecule has 22 heavy (non-hydrogen) atoms. The summed E-state index contributed by atoms with van der Waals surface area (Å²) < 4.78 is 26.9. The zero-order valence-electron chi connectivity index (χ0n) is 11.6. The Hall–Kier alpha value is -1.89. The van der Waals surface area contributed by atoms with Crippen molar-refractivity contribution in [2.75, 3.05) is 6.54 Å². The Morgan fingerprint density at radius 3 is 2.86 bits per heavy atom. The van der Waals surface area contributed by atoms with Crippen molar-refractivity contribution >= 4 is 32.7 Å². The number of hydrogen-bond acceptors (Lipinski definition) is 3. The zero-order valence-corrected chi connectivity index (χ0v) is 13.2. The number of nitrogens with zero attached hydrogens (tertiary/aromatic N) is 1. The van der Waals surface area contributed by atoms with Gasteiger partial charge < -0.3 is 4.98 Å². The highest BCUT2D eigenvalue weighted by molar-refractivity contribution is 7.89. The van der Waals surface area contributed by atoms with Gasteiger partial charge in [-0.2, -0.15) is 0 Å². The van der Waals surface area contributed by atoms with E-state index < -0.39 is 10.0 Å². The second-order valence-electron chi connectivity index (χ2n) is 4.86. The van der Waals surface area contributed by atoms with Crippen LogP contribution in [0.1, 0.15) is 5.56 Å². The minimum absolute atomic E-state index is 0.170. The predicted molar refractivity (Wildman–Crippen MR) is 86.4 cm³/mol. The van der Waals surface area contributed by atoms with Crippen LogP contribution in [0.3, 0.4) is 0 Å². The predicted octanol–water partition coefficient (Wildman–Crippen LogP) is 2.74. The largest absolute Gasteiger partial charge is 0.345 e. The molecule has 0 aliphatic heterocycles. The topological polar surface area (TPSA) is 74.8 Å². The maximum atomic E-state index is 12.2. The van der Waals surface area contributed by atoms with Crippen LogP contribution in [0.5, 0.6) is 0 Å². The average molecular weight is 336 g/mol. The van der Waals surface area contributed by atoms with Crippen molar-refractivity contribution in [3.8, 4) is 0 Å². The Morgan fingerprint density at radius 1 is 1.18 bits per heavy atom. The van der Waals surface area contributed by atoms with Crippen LogP contribution in [-0.4, -0.2) is 24.9 Å². The summed E-state index contributed by atoms with van der Waals surface area (Å²) >= 11 is 5.82. The third kappa shape index (κ3) is 3.30. The van der Waals surface area contributed by atoms with Crippen molar-refractivity contribution in [2.24, 2.45) is 0 Å². The number of imidazole rings is 1. The molecule has 0 amide bonds. The van der Waals surface area contributed by atoms with Crippen LogP contribution in [0.2, 0.25) is 5.02 Å². The van der Waals surface area contributed by atoms with Crippen molar-refractivity contribution < 1.29 is 8.42 Å². The molecule has 0 fully saturated rings. The summed E-state index contributed by atoms with van der Waals surface area (Å²) in [5.74, 6) is 0. The van der Waals surface area contributed by atoms with Crippen LogP contribution in [-0.2, 0) is 16.4 Å². The first kappa shape index (κ1) is 15.0. The van der Waals surface area contributed by atoms with E-state index in [1.165, 1.54) is 12.1 Å². The number of aromatic nitrogens is 2. The lowest BCUT2D eigenvalue weighted by Crippen LogP contribution is -2.26. The van der Waals surface area contributed by atoms with Crippen LogP contribution >= 0.6 is 11.6 Å². The molecule has 0 spiro atoms. The molecule has 0 aliphatic rings. The maximum Gasteiger partial charge on any atom is 0.240 e. The molecule has 0 bridgehead atoms. The van der Waals surface area contributed by atoms with Crippen LogP contribution in [0, 0.1) is 0 Å². The Labute approximate surface area is 133 Å². The summed E-state index contributed by atoms with van der Waals surface area (Å²) in [6, 6.07) is 12.0. The van der Waals surface area contributed by atoms with Crippen molar-refractivity contribution in [3.05, 3.63) is 59.4 Å². The lowest BCUT2D eigenvalue weighted by atomic mass is 10.1. The average Bonchev–Trinajstić information content (AvgIpc) is 2.94. The molecular formula is C15H14ClN3O2S. The normalized spacial score (nSPS) is 11.9. The van der Waals surface area contributed by atoms with E-state index in [2.05, 4.69) is 14.7 Å². The number of halogens is 1. The molecule has 1 aromatic heterocycles.